The lowest BCUT2D eigenvalue weighted by molar-refractivity contribution is 0.183. The van der Waals surface area contributed by atoms with Gasteiger partial charge in [0.25, 0.3) is 0 Å². The molecule has 0 aliphatic carbocycles. The third-order valence-corrected chi connectivity index (χ3v) is 3.98. The maximum Gasteiger partial charge on any atom is 0.323 e. The van der Waals surface area contributed by atoms with Crippen LogP contribution in [-0.4, -0.2) is 40.5 Å². The number of carbonyl (C=O) groups is 1. The van der Waals surface area contributed by atoms with E-state index in [1.165, 1.54) is 0 Å². The number of nitrogens with one attached hydrogen (secondary N) is 1. The molecule has 0 fully saturated rings. The van der Waals surface area contributed by atoms with Crippen molar-refractivity contribution in [3.8, 4) is 0 Å². The van der Waals surface area contributed by atoms with Crippen molar-refractivity contribution in [3.05, 3.63) is 48.2 Å². The fourth-order valence-corrected chi connectivity index (χ4v) is 2.35. The summed E-state index contributed by atoms with van der Waals surface area (Å²) in [4.78, 5) is 14.5. The quantitative estimate of drug-likeness (QED) is 0.807. The molecule has 2 aromatic rings. The third kappa shape index (κ3) is 5.09. The third-order valence-electron chi connectivity index (χ3n) is 3.98. The van der Waals surface area contributed by atoms with Gasteiger partial charge in [-0.2, -0.15) is 5.10 Å². The van der Waals surface area contributed by atoms with Gasteiger partial charge in [0.15, 0.2) is 5.82 Å². The highest BCUT2D eigenvalue weighted by Crippen LogP contribution is 2.13. The summed E-state index contributed by atoms with van der Waals surface area (Å²) in [6, 6.07) is 11.8. The summed E-state index contributed by atoms with van der Waals surface area (Å²) in [5.74, 6) is 0.553. The summed E-state index contributed by atoms with van der Waals surface area (Å²) in [7, 11) is 1.65. The van der Waals surface area contributed by atoms with Crippen LogP contribution in [0.5, 0.6) is 0 Å². The van der Waals surface area contributed by atoms with Gasteiger partial charge in [0.2, 0.25) is 0 Å². The van der Waals surface area contributed by atoms with Gasteiger partial charge in [0.1, 0.15) is 0 Å². The summed E-state index contributed by atoms with van der Waals surface area (Å²) in [5.41, 5.74) is 1.11. The molecule has 0 aliphatic heterocycles. The lowest BCUT2D eigenvalue weighted by Gasteiger charge is -2.28. The molecule has 0 radical (unpaired) electrons. The Hall–Kier alpha value is -2.34. The molecular formula is C18H26N4O2. The topological polar surface area (TPSA) is 59.4 Å². The molecule has 130 valence electrons. The molecule has 1 aromatic heterocycles. The highest BCUT2D eigenvalue weighted by Gasteiger charge is 2.20. The van der Waals surface area contributed by atoms with Gasteiger partial charge in [-0.15, -0.1) is 0 Å². The first kappa shape index (κ1) is 18.0. The minimum Gasteiger partial charge on any atom is -0.383 e. The van der Waals surface area contributed by atoms with Gasteiger partial charge in [0, 0.05) is 32.0 Å². The van der Waals surface area contributed by atoms with Gasteiger partial charge in [-0.05, 0) is 18.9 Å². The van der Waals surface area contributed by atoms with Crippen molar-refractivity contribution < 1.29 is 9.53 Å². The molecule has 0 bridgehead atoms. The van der Waals surface area contributed by atoms with Crippen molar-refractivity contribution in [1.29, 1.82) is 0 Å². The van der Waals surface area contributed by atoms with Crippen molar-refractivity contribution in [2.24, 2.45) is 0 Å². The molecule has 0 saturated carbocycles. The zero-order valence-electron chi connectivity index (χ0n) is 14.6. The second-order valence-electron chi connectivity index (χ2n) is 5.76. The molecular weight excluding hydrogens is 304 g/mol. The van der Waals surface area contributed by atoms with Crippen LogP contribution >= 0.6 is 0 Å². The van der Waals surface area contributed by atoms with Gasteiger partial charge in [0.05, 0.1) is 13.2 Å². The molecule has 6 nitrogen and oxygen atoms in total. The molecule has 0 aliphatic rings. The van der Waals surface area contributed by atoms with Crippen molar-refractivity contribution in [3.63, 3.8) is 0 Å². The maximum atomic E-state index is 12.7. The molecule has 1 heterocycles. The molecule has 2 rings (SSSR count). The van der Waals surface area contributed by atoms with Crippen LogP contribution in [0.4, 0.5) is 10.6 Å². The molecule has 0 saturated heterocycles. The number of carbonyl (C=O) groups excluding carboxylic acids is 1. The molecule has 0 unspecified atom stereocenters. The molecule has 1 N–H and O–H groups in total. The standard InChI is InChI=1S/C18H26N4O2/c1-4-15(2)22(14-16-8-6-5-7-9-16)18(23)19-17-10-11-21(20-17)12-13-24-3/h5-11,15H,4,12-14H2,1-3H3,(H,19,20,23)/t15-/m0/s1. The van der Waals surface area contributed by atoms with Gasteiger partial charge < -0.3 is 9.64 Å². The van der Waals surface area contributed by atoms with Gasteiger partial charge >= 0.3 is 6.03 Å². The first-order chi connectivity index (χ1) is 11.6. The van der Waals surface area contributed by atoms with Crippen LogP contribution in [0.1, 0.15) is 25.8 Å². The molecule has 24 heavy (non-hydrogen) atoms. The number of hydrogen-bond donors (Lipinski definition) is 1. The molecule has 0 spiro atoms. The number of anilines is 1. The van der Waals surface area contributed by atoms with Gasteiger partial charge in [-0.25, -0.2) is 4.79 Å². The Morgan fingerprint density at radius 3 is 2.75 bits per heavy atom. The van der Waals surface area contributed by atoms with Crippen LogP contribution < -0.4 is 5.32 Å². The lowest BCUT2D eigenvalue weighted by Crippen LogP contribution is -2.40. The van der Waals surface area contributed by atoms with Crippen molar-refractivity contribution in [1.82, 2.24) is 14.7 Å². The number of aromatic nitrogens is 2. The van der Waals surface area contributed by atoms with Gasteiger partial charge in [-0.1, -0.05) is 37.3 Å². The van der Waals surface area contributed by atoms with E-state index in [-0.39, 0.29) is 12.1 Å². The fraction of sp³-hybridized carbons (Fsp3) is 0.444. The second kappa shape index (κ2) is 9.08. The van der Waals surface area contributed by atoms with E-state index in [1.54, 1.807) is 17.9 Å². The highest BCUT2D eigenvalue weighted by molar-refractivity contribution is 5.88. The van der Waals surface area contributed by atoms with Crippen molar-refractivity contribution in [2.45, 2.75) is 39.4 Å². The van der Waals surface area contributed by atoms with Crippen molar-refractivity contribution >= 4 is 11.8 Å². The number of urea groups is 1. The summed E-state index contributed by atoms with van der Waals surface area (Å²) in [5, 5.41) is 7.23. The predicted molar refractivity (Wildman–Crippen MR) is 94.9 cm³/mol. The van der Waals surface area contributed by atoms with E-state index in [0.717, 1.165) is 12.0 Å². The van der Waals surface area contributed by atoms with E-state index in [2.05, 4.69) is 24.3 Å². The molecule has 1 atom stereocenters. The normalized spacial score (nSPS) is 12.0. The monoisotopic (exact) mass is 330 g/mol. The Labute approximate surface area is 143 Å². The average Bonchev–Trinajstić information content (AvgIpc) is 3.05. The largest absolute Gasteiger partial charge is 0.383 e. The first-order valence-electron chi connectivity index (χ1n) is 8.28. The minimum absolute atomic E-state index is 0.134. The summed E-state index contributed by atoms with van der Waals surface area (Å²) in [6.45, 7) is 5.95. The smallest absolute Gasteiger partial charge is 0.323 e. The highest BCUT2D eigenvalue weighted by atomic mass is 16.5. The Morgan fingerprint density at radius 2 is 2.08 bits per heavy atom. The van der Waals surface area contributed by atoms with Crippen LogP contribution in [0.15, 0.2) is 42.6 Å². The van der Waals surface area contributed by atoms with Crippen LogP contribution in [0, 0.1) is 0 Å². The number of rotatable bonds is 8. The Balaban J connectivity index is 2.03. The number of ether oxygens (including phenoxy) is 1. The van der Waals surface area contributed by atoms with Gasteiger partial charge in [-0.3, -0.25) is 10.00 Å². The van der Waals surface area contributed by atoms with Crippen LogP contribution in [0.25, 0.3) is 0 Å². The molecule has 6 heteroatoms. The Bertz CT molecular complexity index is 627. The lowest BCUT2D eigenvalue weighted by atomic mass is 10.1. The number of nitrogens with zero attached hydrogens (tertiary/aromatic N) is 3. The summed E-state index contributed by atoms with van der Waals surface area (Å²) in [6.07, 6.45) is 2.72. The SMILES string of the molecule is CC[C@H](C)N(Cc1ccccc1)C(=O)Nc1ccn(CCOC)n1. The number of amides is 2. The number of hydrogen-bond acceptors (Lipinski definition) is 3. The second-order valence-corrected chi connectivity index (χ2v) is 5.76. The summed E-state index contributed by atoms with van der Waals surface area (Å²) >= 11 is 0. The fourth-order valence-electron chi connectivity index (χ4n) is 2.35. The Kier molecular flexibility index (Phi) is 6.81. The minimum atomic E-state index is -0.134. The molecule has 1 aromatic carbocycles. The van der Waals surface area contributed by atoms with E-state index in [9.17, 15) is 4.79 Å². The zero-order valence-corrected chi connectivity index (χ0v) is 14.6. The van der Waals surface area contributed by atoms with Crippen LogP contribution in [0.3, 0.4) is 0 Å². The first-order valence-corrected chi connectivity index (χ1v) is 8.28. The Morgan fingerprint density at radius 1 is 1.33 bits per heavy atom. The predicted octanol–water partition coefficient (Wildman–Crippen LogP) is 3.36. The number of benzene rings is 1. The average molecular weight is 330 g/mol. The van der Waals surface area contributed by atoms with E-state index in [4.69, 9.17) is 4.74 Å². The van der Waals surface area contributed by atoms with E-state index < -0.39 is 0 Å². The van der Waals surface area contributed by atoms with E-state index >= 15 is 0 Å². The zero-order chi connectivity index (χ0) is 17.4. The molecule has 2 amide bonds. The van der Waals surface area contributed by atoms with Crippen LogP contribution in [0.2, 0.25) is 0 Å². The van der Waals surface area contributed by atoms with Crippen LogP contribution in [-0.2, 0) is 17.8 Å². The van der Waals surface area contributed by atoms with Crippen molar-refractivity contribution in [2.75, 3.05) is 19.0 Å². The summed E-state index contributed by atoms with van der Waals surface area (Å²) < 4.78 is 6.78. The van der Waals surface area contributed by atoms with E-state index in [0.29, 0.717) is 25.5 Å². The van der Waals surface area contributed by atoms with E-state index in [1.807, 2.05) is 41.4 Å². The number of methoxy groups -OCH3 is 1. The maximum absolute atomic E-state index is 12.7.